The Morgan fingerprint density at radius 3 is 2.55 bits per heavy atom. The van der Waals surface area contributed by atoms with Crippen LogP contribution < -0.4 is 0 Å². The summed E-state index contributed by atoms with van der Waals surface area (Å²) in [5.41, 5.74) is 1.13. The number of hydrogen-bond acceptors (Lipinski definition) is 3. The number of nitrogens with zero attached hydrogens (tertiary/aromatic N) is 2. The zero-order chi connectivity index (χ0) is 16.1. The van der Waals surface area contributed by atoms with E-state index < -0.39 is 11.8 Å². The SMILES string of the molecule is C=CCN(CC=C)Cc1cc(C(=O)O)c2cc(F)ccc2n1. The fourth-order valence-electron chi connectivity index (χ4n) is 2.31. The van der Waals surface area contributed by atoms with Crippen molar-refractivity contribution in [2.24, 2.45) is 0 Å². The third-order valence-corrected chi connectivity index (χ3v) is 3.21. The molecule has 0 aliphatic heterocycles. The Bertz CT molecular complexity index is 718. The number of aromatic carboxylic acids is 1. The average molecular weight is 300 g/mol. The van der Waals surface area contributed by atoms with Gasteiger partial charge in [-0.15, -0.1) is 13.2 Å². The van der Waals surface area contributed by atoms with Crippen molar-refractivity contribution in [2.45, 2.75) is 6.54 Å². The van der Waals surface area contributed by atoms with Crippen molar-refractivity contribution in [2.75, 3.05) is 13.1 Å². The summed E-state index contributed by atoms with van der Waals surface area (Å²) in [4.78, 5) is 17.9. The number of rotatable bonds is 7. The standard InChI is InChI=1S/C17H17FN2O2/c1-3-7-20(8-4-2)11-13-10-15(17(21)22)14-9-12(18)5-6-16(14)19-13/h3-6,9-10H,1-2,7-8,11H2,(H,21,22). The number of halogens is 1. The van der Waals surface area contributed by atoms with Crippen LogP contribution in [-0.2, 0) is 6.54 Å². The number of carboxylic acid groups (broad SMARTS) is 1. The lowest BCUT2D eigenvalue weighted by molar-refractivity contribution is 0.0698. The second kappa shape index (κ2) is 6.95. The lowest BCUT2D eigenvalue weighted by atomic mass is 10.1. The number of carbonyl (C=O) groups is 1. The van der Waals surface area contributed by atoms with Crippen molar-refractivity contribution in [3.63, 3.8) is 0 Å². The first-order chi connectivity index (χ1) is 10.5. The van der Waals surface area contributed by atoms with Gasteiger partial charge in [-0.05, 0) is 24.3 Å². The molecule has 2 rings (SSSR count). The summed E-state index contributed by atoms with van der Waals surface area (Å²) in [6.45, 7) is 9.13. The predicted octanol–water partition coefficient (Wildman–Crippen LogP) is 3.25. The Morgan fingerprint density at radius 2 is 1.95 bits per heavy atom. The summed E-state index contributed by atoms with van der Waals surface area (Å²) in [5.74, 6) is -1.58. The van der Waals surface area contributed by atoms with E-state index in [0.29, 0.717) is 36.2 Å². The van der Waals surface area contributed by atoms with Gasteiger partial charge in [-0.25, -0.2) is 9.18 Å². The second-order valence-corrected chi connectivity index (χ2v) is 4.90. The zero-order valence-electron chi connectivity index (χ0n) is 12.1. The van der Waals surface area contributed by atoms with Crippen LogP contribution in [0.15, 0.2) is 49.6 Å². The van der Waals surface area contributed by atoms with E-state index in [0.717, 1.165) is 0 Å². The summed E-state index contributed by atoms with van der Waals surface area (Å²) in [6.07, 6.45) is 3.52. The van der Waals surface area contributed by atoms with Gasteiger partial charge in [0.15, 0.2) is 0 Å². The molecule has 2 aromatic rings. The maximum atomic E-state index is 13.3. The monoisotopic (exact) mass is 300 g/mol. The van der Waals surface area contributed by atoms with Gasteiger partial charge in [-0.1, -0.05) is 12.2 Å². The summed E-state index contributed by atoms with van der Waals surface area (Å²) in [7, 11) is 0. The van der Waals surface area contributed by atoms with Crippen LogP contribution >= 0.6 is 0 Å². The molecule has 4 nitrogen and oxygen atoms in total. The maximum absolute atomic E-state index is 13.3. The summed E-state index contributed by atoms with van der Waals surface area (Å²) >= 11 is 0. The molecule has 1 aromatic carbocycles. The van der Waals surface area contributed by atoms with Gasteiger partial charge < -0.3 is 5.11 Å². The van der Waals surface area contributed by atoms with Crippen LogP contribution in [0.2, 0.25) is 0 Å². The van der Waals surface area contributed by atoms with E-state index in [9.17, 15) is 14.3 Å². The first kappa shape index (κ1) is 15.9. The Kier molecular flexibility index (Phi) is 5.01. The zero-order valence-corrected chi connectivity index (χ0v) is 12.1. The molecule has 0 fully saturated rings. The minimum Gasteiger partial charge on any atom is -0.478 e. The molecule has 114 valence electrons. The number of hydrogen-bond donors (Lipinski definition) is 1. The molecule has 1 heterocycles. The van der Waals surface area contributed by atoms with Gasteiger partial charge in [0.2, 0.25) is 0 Å². The molecule has 0 saturated carbocycles. The topological polar surface area (TPSA) is 53.4 Å². The van der Waals surface area contributed by atoms with Crippen molar-refractivity contribution >= 4 is 16.9 Å². The molecule has 0 saturated heterocycles. The van der Waals surface area contributed by atoms with Crippen LogP contribution in [0.5, 0.6) is 0 Å². The molecule has 0 atom stereocenters. The highest BCUT2D eigenvalue weighted by atomic mass is 19.1. The third kappa shape index (κ3) is 3.56. The Labute approximate surface area is 128 Å². The molecule has 0 amide bonds. The minimum absolute atomic E-state index is 0.0525. The molecule has 0 unspecified atom stereocenters. The first-order valence-electron chi connectivity index (χ1n) is 6.81. The van der Waals surface area contributed by atoms with E-state index in [1.54, 1.807) is 12.2 Å². The minimum atomic E-state index is -1.10. The van der Waals surface area contributed by atoms with Gasteiger partial charge in [-0.2, -0.15) is 0 Å². The van der Waals surface area contributed by atoms with Crippen molar-refractivity contribution in [3.8, 4) is 0 Å². The number of pyridine rings is 1. The summed E-state index contributed by atoms with van der Waals surface area (Å²) < 4.78 is 13.3. The van der Waals surface area contributed by atoms with Gasteiger partial charge in [0.1, 0.15) is 5.82 Å². The Balaban J connectivity index is 2.46. The number of fused-ring (bicyclic) bond motifs is 1. The van der Waals surface area contributed by atoms with Crippen LogP contribution in [-0.4, -0.2) is 34.0 Å². The largest absolute Gasteiger partial charge is 0.478 e. The van der Waals surface area contributed by atoms with Gasteiger partial charge in [-0.3, -0.25) is 9.88 Å². The van der Waals surface area contributed by atoms with Crippen molar-refractivity contribution in [1.29, 1.82) is 0 Å². The molecule has 0 aliphatic carbocycles. The van der Waals surface area contributed by atoms with Crippen molar-refractivity contribution in [3.05, 3.63) is 66.6 Å². The average Bonchev–Trinajstić information content (AvgIpc) is 2.47. The van der Waals surface area contributed by atoms with E-state index in [4.69, 9.17) is 0 Å². The lowest BCUT2D eigenvalue weighted by Gasteiger charge is -2.18. The molecular weight excluding hydrogens is 283 g/mol. The van der Waals surface area contributed by atoms with Crippen LogP contribution in [0.3, 0.4) is 0 Å². The molecular formula is C17H17FN2O2. The summed E-state index contributed by atoms with van der Waals surface area (Å²) in [6, 6.07) is 5.45. The molecule has 1 aromatic heterocycles. The fraction of sp³-hybridized carbons (Fsp3) is 0.176. The molecule has 5 heteroatoms. The fourth-order valence-corrected chi connectivity index (χ4v) is 2.31. The van der Waals surface area contributed by atoms with Crippen molar-refractivity contribution < 1.29 is 14.3 Å². The quantitative estimate of drug-likeness (QED) is 0.798. The first-order valence-corrected chi connectivity index (χ1v) is 6.81. The van der Waals surface area contributed by atoms with Crippen LogP contribution in [0.4, 0.5) is 4.39 Å². The van der Waals surface area contributed by atoms with E-state index in [-0.39, 0.29) is 5.56 Å². The predicted molar refractivity (Wildman–Crippen MR) is 84.3 cm³/mol. The molecule has 0 radical (unpaired) electrons. The Morgan fingerprint density at radius 1 is 1.27 bits per heavy atom. The third-order valence-electron chi connectivity index (χ3n) is 3.21. The van der Waals surface area contributed by atoms with Gasteiger partial charge >= 0.3 is 5.97 Å². The smallest absolute Gasteiger partial charge is 0.336 e. The molecule has 22 heavy (non-hydrogen) atoms. The van der Waals surface area contributed by atoms with Gasteiger partial charge in [0.05, 0.1) is 16.8 Å². The highest BCUT2D eigenvalue weighted by molar-refractivity contribution is 6.02. The Hall–Kier alpha value is -2.53. The number of benzene rings is 1. The van der Waals surface area contributed by atoms with Gasteiger partial charge in [0, 0.05) is 25.0 Å². The van der Waals surface area contributed by atoms with Crippen LogP contribution in [0.1, 0.15) is 16.1 Å². The number of aromatic nitrogens is 1. The lowest BCUT2D eigenvalue weighted by Crippen LogP contribution is -2.24. The molecule has 0 bridgehead atoms. The normalized spacial score (nSPS) is 10.8. The highest BCUT2D eigenvalue weighted by Crippen LogP contribution is 2.20. The second-order valence-electron chi connectivity index (χ2n) is 4.90. The van der Waals surface area contributed by atoms with Crippen molar-refractivity contribution in [1.82, 2.24) is 9.88 Å². The van der Waals surface area contributed by atoms with E-state index in [1.807, 2.05) is 4.90 Å². The van der Waals surface area contributed by atoms with E-state index in [2.05, 4.69) is 18.1 Å². The van der Waals surface area contributed by atoms with E-state index in [1.165, 1.54) is 24.3 Å². The van der Waals surface area contributed by atoms with Crippen LogP contribution in [0.25, 0.3) is 10.9 Å². The summed E-state index contributed by atoms with van der Waals surface area (Å²) in [5, 5.41) is 9.64. The molecule has 0 aliphatic rings. The maximum Gasteiger partial charge on any atom is 0.336 e. The van der Waals surface area contributed by atoms with Crippen LogP contribution in [0, 0.1) is 5.82 Å². The highest BCUT2D eigenvalue weighted by Gasteiger charge is 2.14. The molecule has 0 spiro atoms. The van der Waals surface area contributed by atoms with E-state index >= 15 is 0 Å². The number of carboxylic acids is 1. The molecule has 1 N–H and O–H groups in total. The van der Waals surface area contributed by atoms with Gasteiger partial charge in [0.25, 0.3) is 0 Å².